The van der Waals surface area contributed by atoms with Gasteiger partial charge in [-0.25, -0.2) is 13.6 Å². The van der Waals surface area contributed by atoms with Crippen molar-refractivity contribution in [2.24, 2.45) is 0 Å². The van der Waals surface area contributed by atoms with E-state index in [1.54, 1.807) is 24.3 Å². The van der Waals surface area contributed by atoms with Crippen molar-refractivity contribution in [3.63, 3.8) is 0 Å². The molecule has 1 atom stereocenters. The van der Waals surface area contributed by atoms with Crippen molar-refractivity contribution < 1.29 is 23.1 Å². The number of halogens is 3. The average molecular weight is 380 g/mol. The minimum atomic E-state index is -0.763. The van der Waals surface area contributed by atoms with Crippen LogP contribution in [-0.4, -0.2) is 18.5 Å². The van der Waals surface area contributed by atoms with Crippen LogP contribution in [0.15, 0.2) is 48.5 Å². The highest BCUT2D eigenvalue weighted by molar-refractivity contribution is 6.30. The summed E-state index contributed by atoms with van der Waals surface area (Å²) in [6.07, 6.45) is 2.70. The molecule has 0 aromatic heterocycles. The van der Waals surface area contributed by atoms with Crippen LogP contribution in [0, 0.1) is 11.6 Å². The topological polar surface area (TPSA) is 55.4 Å². The van der Waals surface area contributed by atoms with Gasteiger partial charge in [-0.05, 0) is 36.8 Å². The molecule has 0 saturated heterocycles. The van der Waals surface area contributed by atoms with Gasteiger partial charge in [0.1, 0.15) is 11.6 Å². The maximum absolute atomic E-state index is 13.7. The van der Waals surface area contributed by atoms with E-state index in [0.717, 1.165) is 17.7 Å². The molecule has 0 fully saturated rings. The van der Waals surface area contributed by atoms with Gasteiger partial charge in [-0.1, -0.05) is 29.8 Å². The Bertz CT molecular complexity index is 822. The second-order valence-electron chi connectivity index (χ2n) is 5.45. The van der Waals surface area contributed by atoms with Crippen LogP contribution in [0.5, 0.6) is 0 Å². The molecule has 0 aliphatic carbocycles. The molecule has 1 amide bonds. The van der Waals surface area contributed by atoms with E-state index in [1.807, 2.05) is 0 Å². The van der Waals surface area contributed by atoms with E-state index >= 15 is 0 Å². The molecule has 0 bridgehead atoms. The molecule has 0 radical (unpaired) electrons. The SMILES string of the molecule is C[C@H](NC(=O)COC(=O)/C=C/c1ccc(Cl)cc1)c1ccc(F)cc1F. The third kappa shape index (κ3) is 5.97. The molecule has 26 heavy (non-hydrogen) atoms. The first-order valence-corrected chi connectivity index (χ1v) is 8.07. The van der Waals surface area contributed by atoms with E-state index < -0.39 is 36.2 Å². The molecule has 7 heteroatoms. The van der Waals surface area contributed by atoms with Gasteiger partial charge in [0, 0.05) is 22.7 Å². The molecule has 0 heterocycles. The minimum absolute atomic E-state index is 0.133. The van der Waals surface area contributed by atoms with Gasteiger partial charge in [-0.15, -0.1) is 0 Å². The molecule has 2 aromatic rings. The fourth-order valence-electron chi connectivity index (χ4n) is 2.14. The zero-order chi connectivity index (χ0) is 19.1. The van der Waals surface area contributed by atoms with Crippen molar-refractivity contribution >= 4 is 29.6 Å². The quantitative estimate of drug-likeness (QED) is 0.608. The summed E-state index contributed by atoms with van der Waals surface area (Å²) in [5, 5.41) is 3.05. The predicted molar refractivity (Wildman–Crippen MR) is 94.4 cm³/mol. The molecular formula is C19H16ClF2NO3. The summed E-state index contributed by atoms with van der Waals surface area (Å²) in [6, 6.07) is 9.17. The van der Waals surface area contributed by atoms with E-state index in [1.165, 1.54) is 25.1 Å². The van der Waals surface area contributed by atoms with Crippen LogP contribution in [0.1, 0.15) is 24.1 Å². The van der Waals surface area contributed by atoms with Gasteiger partial charge < -0.3 is 10.1 Å². The summed E-state index contributed by atoms with van der Waals surface area (Å²) in [6.45, 7) is 1.02. The van der Waals surface area contributed by atoms with Crippen LogP contribution in [-0.2, 0) is 14.3 Å². The normalized spacial score (nSPS) is 12.0. The highest BCUT2D eigenvalue weighted by atomic mass is 35.5. The van der Waals surface area contributed by atoms with Gasteiger partial charge in [0.15, 0.2) is 6.61 Å². The van der Waals surface area contributed by atoms with Gasteiger partial charge in [-0.2, -0.15) is 0 Å². The van der Waals surface area contributed by atoms with Crippen molar-refractivity contribution in [2.45, 2.75) is 13.0 Å². The number of carbonyl (C=O) groups is 2. The number of esters is 1. The Morgan fingerprint density at radius 1 is 1.19 bits per heavy atom. The second kappa shape index (κ2) is 9.10. The Morgan fingerprint density at radius 3 is 2.54 bits per heavy atom. The summed E-state index contributed by atoms with van der Waals surface area (Å²) in [5.41, 5.74) is 0.880. The zero-order valence-corrected chi connectivity index (χ0v) is 14.6. The number of ether oxygens (including phenoxy) is 1. The van der Waals surface area contributed by atoms with Gasteiger partial charge in [0.25, 0.3) is 5.91 Å². The van der Waals surface area contributed by atoms with Crippen LogP contribution in [0.25, 0.3) is 6.08 Å². The molecule has 1 N–H and O–H groups in total. The summed E-state index contributed by atoms with van der Waals surface area (Å²) in [5.74, 6) is -2.77. The highest BCUT2D eigenvalue weighted by Crippen LogP contribution is 2.17. The monoisotopic (exact) mass is 379 g/mol. The number of nitrogens with one attached hydrogen (secondary N) is 1. The Kier molecular flexibility index (Phi) is 6.86. The maximum atomic E-state index is 13.7. The average Bonchev–Trinajstić information content (AvgIpc) is 2.59. The third-order valence-electron chi connectivity index (χ3n) is 3.43. The number of hydrogen-bond acceptors (Lipinski definition) is 3. The molecule has 0 aliphatic heterocycles. The summed E-state index contributed by atoms with van der Waals surface area (Å²) in [4.78, 5) is 23.4. The van der Waals surface area contributed by atoms with E-state index in [-0.39, 0.29) is 5.56 Å². The molecule has 136 valence electrons. The molecule has 0 unspecified atom stereocenters. The Labute approximate surface area is 154 Å². The van der Waals surface area contributed by atoms with Crippen molar-refractivity contribution in [1.29, 1.82) is 0 Å². The highest BCUT2D eigenvalue weighted by Gasteiger charge is 2.15. The van der Waals surface area contributed by atoms with Gasteiger partial charge >= 0.3 is 5.97 Å². The van der Waals surface area contributed by atoms with E-state index in [9.17, 15) is 18.4 Å². The van der Waals surface area contributed by atoms with E-state index in [4.69, 9.17) is 16.3 Å². The fraction of sp³-hybridized carbons (Fsp3) is 0.158. The Hall–Kier alpha value is -2.73. The molecule has 2 rings (SSSR count). The lowest BCUT2D eigenvalue weighted by Crippen LogP contribution is -2.31. The van der Waals surface area contributed by atoms with Gasteiger partial charge in [-0.3, -0.25) is 4.79 Å². The standard InChI is InChI=1S/C19H16ClF2NO3/c1-12(16-8-7-15(21)10-17(16)22)23-18(24)11-26-19(25)9-4-13-2-5-14(20)6-3-13/h2-10,12H,11H2,1H3,(H,23,24)/b9-4+/t12-/m0/s1. The molecule has 0 aliphatic rings. The van der Waals surface area contributed by atoms with Crippen molar-refractivity contribution in [3.8, 4) is 0 Å². The second-order valence-corrected chi connectivity index (χ2v) is 5.88. The van der Waals surface area contributed by atoms with Crippen LogP contribution in [0.4, 0.5) is 8.78 Å². The van der Waals surface area contributed by atoms with E-state index in [0.29, 0.717) is 5.02 Å². The third-order valence-corrected chi connectivity index (χ3v) is 3.69. The van der Waals surface area contributed by atoms with Gasteiger partial charge in [0.05, 0.1) is 6.04 Å². The number of amides is 1. The molecule has 2 aromatic carbocycles. The van der Waals surface area contributed by atoms with Crippen LogP contribution < -0.4 is 5.32 Å². The first-order chi connectivity index (χ1) is 12.3. The number of benzene rings is 2. The summed E-state index contributed by atoms with van der Waals surface area (Å²) in [7, 11) is 0. The van der Waals surface area contributed by atoms with Crippen LogP contribution >= 0.6 is 11.6 Å². The van der Waals surface area contributed by atoms with Crippen molar-refractivity contribution in [2.75, 3.05) is 6.61 Å². The van der Waals surface area contributed by atoms with Crippen molar-refractivity contribution in [3.05, 3.63) is 76.3 Å². The number of rotatable bonds is 6. The molecular weight excluding hydrogens is 364 g/mol. The fourth-order valence-corrected chi connectivity index (χ4v) is 2.26. The lowest BCUT2D eigenvalue weighted by molar-refractivity contribution is -0.144. The number of hydrogen-bond donors (Lipinski definition) is 1. The largest absolute Gasteiger partial charge is 0.452 e. The van der Waals surface area contributed by atoms with Crippen LogP contribution in [0.3, 0.4) is 0 Å². The molecule has 0 saturated carbocycles. The maximum Gasteiger partial charge on any atom is 0.331 e. The Balaban J connectivity index is 1.82. The molecule has 0 spiro atoms. The lowest BCUT2D eigenvalue weighted by Gasteiger charge is -2.15. The van der Waals surface area contributed by atoms with Crippen LogP contribution in [0.2, 0.25) is 5.02 Å². The Morgan fingerprint density at radius 2 is 1.88 bits per heavy atom. The first-order valence-electron chi connectivity index (χ1n) is 7.70. The van der Waals surface area contributed by atoms with Gasteiger partial charge in [0.2, 0.25) is 0 Å². The minimum Gasteiger partial charge on any atom is -0.452 e. The van der Waals surface area contributed by atoms with Crippen molar-refractivity contribution in [1.82, 2.24) is 5.32 Å². The predicted octanol–water partition coefficient (Wildman–Crippen LogP) is 4.05. The van der Waals surface area contributed by atoms with E-state index in [2.05, 4.69) is 5.32 Å². The smallest absolute Gasteiger partial charge is 0.331 e. The molecule has 4 nitrogen and oxygen atoms in total. The number of carbonyl (C=O) groups excluding carboxylic acids is 2. The summed E-state index contributed by atoms with van der Waals surface area (Å²) < 4.78 is 31.4. The lowest BCUT2D eigenvalue weighted by atomic mass is 10.1. The zero-order valence-electron chi connectivity index (χ0n) is 13.8. The first kappa shape index (κ1) is 19.6. The summed E-state index contributed by atoms with van der Waals surface area (Å²) >= 11 is 5.76.